The van der Waals surface area contributed by atoms with Crippen LogP contribution in [-0.2, 0) is 0 Å². The predicted octanol–water partition coefficient (Wildman–Crippen LogP) is 2.59. The van der Waals surface area contributed by atoms with Crippen molar-refractivity contribution in [1.82, 2.24) is 10.9 Å². The van der Waals surface area contributed by atoms with Crippen molar-refractivity contribution in [3.8, 4) is 0 Å². The lowest BCUT2D eigenvalue weighted by molar-refractivity contribution is 0.0943. The number of thioether (sulfide) groups is 1. The molecule has 1 aromatic carbocycles. The lowest BCUT2D eigenvalue weighted by Crippen LogP contribution is -2.40. The van der Waals surface area contributed by atoms with Crippen LogP contribution in [0, 0.1) is 0 Å². The molecule has 7 heteroatoms. The molecule has 0 bridgehead atoms. The summed E-state index contributed by atoms with van der Waals surface area (Å²) in [4.78, 5) is 16.2. The number of hydrazine groups is 1. The van der Waals surface area contributed by atoms with E-state index < -0.39 is 0 Å². The Balaban J connectivity index is 1.88. The summed E-state index contributed by atoms with van der Waals surface area (Å²) in [5.41, 5.74) is 6.11. The molecule has 0 aliphatic carbocycles. The minimum absolute atomic E-state index is 0.177. The van der Waals surface area contributed by atoms with Gasteiger partial charge in [-0.25, -0.2) is 0 Å². The number of amidine groups is 1. The molecule has 2 rings (SSSR count). The summed E-state index contributed by atoms with van der Waals surface area (Å²) >= 11 is 7.34. The zero-order chi connectivity index (χ0) is 13.0. The van der Waals surface area contributed by atoms with Crippen LogP contribution in [0.5, 0.6) is 0 Å². The fraction of sp³-hybridized carbons (Fsp3) is 0.273. The highest BCUT2D eigenvalue weighted by atomic mass is 127. The summed E-state index contributed by atoms with van der Waals surface area (Å²) in [6.45, 7) is 0.806. The second kappa shape index (κ2) is 6.76. The summed E-state index contributed by atoms with van der Waals surface area (Å²) < 4.78 is 1.82. The molecule has 96 valence electrons. The SMILES string of the molecule is O=C(NNC1=NCC(CI)S1)c1ccccc1Br. The third kappa shape index (κ3) is 3.61. The molecule has 1 unspecified atom stereocenters. The van der Waals surface area contributed by atoms with Crippen molar-refractivity contribution in [3.63, 3.8) is 0 Å². The number of amides is 1. The molecule has 1 amide bonds. The van der Waals surface area contributed by atoms with Gasteiger partial charge in [-0.2, -0.15) is 0 Å². The molecule has 0 radical (unpaired) electrons. The average Bonchev–Trinajstić information content (AvgIpc) is 2.84. The third-order valence-electron chi connectivity index (χ3n) is 2.29. The van der Waals surface area contributed by atoms with Crippen molar-refractivity contribution in [1.29, 1.82) is 0 Å². The van der Waals surface area contributed by atoms with Crippen LogP contribution in [0.25, 0.3) is 0 Å². The van der Waals surface area contributed by atoms with Gasteiger partial charge < -0.3 is 0 Å². The number of nitrogens with zero attached hydrogens (tertiary/aromatic N) is 1. The summed E-state index contributed by atoms with van der Waals surface area (Å²) in [7, 11) is 0. The largest absolute Gasteiger partial charge is 0.276 e. The molecule has 0 fully saturated rings. The van der Waals surface area contributed by atoms with Gasteiger partial charge in [0.1, 0.15) is 0 Å². The zero-order valence-electron chi connectivity index (χ0n) is 9.32. The summed E-state index contributed by atoms with van der Waals surface area (Å²) in [5.74, 6) is -0.177. The molecule has 1 heterocycles. The quantitative estimate of drug-likeness (QED) is 0.423. The van der Waals surface area contributed by atoms with Crippen LogP contribution in [0.2, 0.25) is 0 Å². The maximum atomic E-state index is 11.9. The Bertz CT molecular complexity index is 483. The highest BCUT2D eigenvalue weighted by molar-refractivity contribution is 14.1. The van der Waals surface area contributed by atoms with Crippen molar-refractivity contribution in [2.45, 2.75) is 5.25 Å². The summed E-state index contributed by atoms with van der Waals surface area (Å²) in [6.07, 6.45) is 0. The van der Waals surface area contributed by atoms with Crippen molar-refractivity contribution in [2.75, 3.05) is 11.0 Å². The highest BCUT2D eigenvalue weighted by Gasteiger charge is 2.19. The molecular formula is C11H11BrIN3OS. The highest BCUT2D eigenvalue weighted by Crippen LogP contribution is 2.21. The number of hydrogen-bond donors (Lipinski definition) is 2. The second-order valence-corrected chi connectivity index (χ2v) is 6.62. The van der Waals surface area contributed by atoms with Crippen molar-refractivity contribution >= 4 is 61.4 Å². The Labute approximate surface area is 132 Å². The van der Waals surface area contributed by atoms with Gasteiger partial charge in [0.05, 0.1) is 12.1 Å². The van der Waals surface area contributed by atoms with Crippen molar-refractivity contribution in [3.05, 3.63) is 34.3 Å². The average molecular weight is 440 g/mol. The maximum Gasteiger partial charge on any atom is 0.270 e. The number of alkyl halides is 1. The molecule has 0 aromatic heterocycles. The molecule has 4 nitrogen and oxygen atoms in total. The topological polar surface area (TPSA) is 53.5 Å². The van der Waals surface area contributed by atoms with Crippen LogP contribution in [0.4, 0.5) is 0 Å². The number of hydrogen-bond acceptors (Lipinski definition) is 4. The van der Waals surface area contributed by atoms with Crippen LogP contribution in [-0.4, -0.2) is 27.3 Å². The molecule has 1 aromatic rings. The number of aliphatic imine (C=N–C) groups is 1. The number of benzene rings is 1. The van der Waals surface area contributed by atoms with E-state index in [0.29, 0.717) is 10.8 Å². The van der Waals surface area contributed by atoms with E-state index in [1.165, 1.54) is 0 Å². The number of halogens is 2. The van der Waals surface area contributed by atoms with Gasteiger partial charge in [-0.05, 0) is 28.1 Å². The van der Waals surface area contributed by atoms with Gasteiger partial charge in [0.2, 0.25) is 0 Å². The van der Waals surface area contributed by atoms with Crippen LogP contribution < -0.4 is 10.9 Å². The smallest absolute Gasteiger partial charge is 0.270 e. The fourth-order valence-electron chi connectivity index (χ4n) is 1.39. The molecule has 18 heavy (non-hydrogen) atoms. The Morgan fingerprint density at radius 1 is 1.56 bits per heavy atom. The third-order valence-corrected chi connectivity index (χ3v) is 5.75. The number of nitrogens with one attached hydrogen (secondary N) is 2. The first-order valence-corrected chi connectivity index (χ1v) is 8.48. The molecule has 1 atom stereocenters. The van der Waals surface area contributed by atoms with Crippen LogP contribution in [0.1, 0.15) is 10.4 Å². The molecule has 2 N–H and O–H groups in total. The zero-order valence-corrected chi connectivity index (χ0v) is 13.9. The van der Waals surface area contributed by atoms with Gasteiger partial charge in [-0.3, -0.25) is 20.6 Å². The summed E-state index contributed by atoms with van der Waals surface area (Å²) in [5, 5.41) is 1.28. The van der Waals surface area contributed by atoms with Gasteiger partial charge >= 0.3 is 0 Å². The molecule has 1 aliphatic rings. The number of rotatable bonds is 2. The first-order valence-electron chi connectivity index (χ1n) is 5.28. The van der Waals surface area contributed by atoms with Crippen LogP contribution in [0.3, 0.4) is 0 Å². The van der Waals surface area contributed by atoms with E-state index in [9.17, 15) is 4.79 Å². The van der Waals surface area contributed by atoms with Crippen molar-refractivity contribution < 1.29 is 4.79 Å². The predicted molar refractivity (Wildman–Crippen MR) is 87.3 cm³/mol. The molecule has 1 aliphatic heterocycles. The minimum Gasteiger partial charge on any atom is -0.276 e. The first-order chi connectivity index (χ1) is 8.70. The van der Waals surface area contributed by atoms with Gasteiger partial charge in [-0.1, -0.05) is 46.5 Å². The van der Waals surface area contributed by atoms with Gasteiger partial charge in [0.25, 0.3) is 5.91 Å². The van der Waals surface area contributed by atoms with E-state index in [1.807, 2.05) is 18.2 Å². The fourth-order valence-corrected chi connectivity index (χ4v) is 3.46. The Morgan fingerprint density at radius 2 is 2.33 bits per heavy atom. The van der Waals surface area contributed by atoms with Gasteiger partial charge in [0.15, 0.2) is 5.17 Å². The summed E-state index contributed by atoms with van der Waals surface area (Å²) in [6, 6.07) is 7.30. The lowest BCUT2D eigenvalue weighted by Gasteiger charge is -2.09. The van der Waals surface area contributed by atoms with Crippen LogP contribution >= 0.6 is 50.3 Å². The first kappa shape index (κ1) is 14.1. The molecule has 0 saturated heterocycles. The van der Waals surface area contributed by atoms with E-state index in [-0.39, 0.29) is 5.91 Å². The number of carbonyl (C=O) groups excluding carboxylic acids is 1. The van der Waals surface area contributed by atoms with Crippen LogP contribution in [0.15, 0.2) is 33.7 Å². The maximum absolute atomic E-state index is 11.9. The normalized spacial score (nSPS) is 18.3. The number of carbonyl (C=O) groups is 1. The monoisotopic (exact) mass is 439 g/mol. The van der Waals surface area contributed by atoms with E-state index in [1.54, 1.807) is 17.8 Å². The van der Waals surface area contributed by atoms with E-state index in [0.717, 1.165) is 20.6 Å². The second-order valence-electron chi connectivity index (χ2n) is 3.60. The van der Waals surface area contributed by atoms with Crippen molar-refractivity contribution in [2.24, 2.45) is 4.99 Å². The Kier molecular flexibility index (Phi) is 5.31. The molecule has 0 saturated carbocycles. The Hall–Kier alpha value is -0.280. The minimum atomic E-state index is -0.177. The van der Waals surface area contributed by atoms with Gasteiger partial charge in [-0.15, -0.1) is 0 Å². The lowest BCUT2D eigenvalue weighted by atomic mass is 10.2. The van der Waals surface area contributed by atoms with E-state index >= 15 is 0 Å². The van der Waals surface area contributed by atoms with E-state index in [4.69, 9.17) is 0 Å². The standard InChI is InChI=1S/C11H11BrIN3OS/c12-9-4-2-1-3-8(9)10(17)15-16-11-14-6-7(5-13)18-11/h1-4,7H,5-6H2,(H,14,16)(H,15,17). The van der Waals surface area contributed by atoms with Gasteiger partial charge in [0, 0.05) is 14.2 Å². The molecular weight excluding hydrogens is 429 g/mol. The van der Waals surface area contributed by atoms with E-state index in [2.05, 4.69) is 54.4 Å². The Morgan fingerprint density at radius 3 is 3.00 bits per heavy atom. The molecule has 0 spiro atoms.